The second-order valence-corrected chi connectivity index (χ2v) is 5.41. The second kappa shape index (κ2) is 4.79. The van der Waals surface area contributed by atoms with E-state index >= 15 is 0 Å². The van der Waals surface area contributed by atoms with Crippen molar-refractivity contribution in [3.63, 3.8) is 0 Å². The highest BCUT2D eigenvalue weighted by Gasteiger charge is 2.23. The van der Waals surface area contributed by atoms with E-state index in [0.29, 0.717) is 12.6 Å². The summed E-state index contributed by atoms with van der Waals surface area (Å²) in [5.74, 6) is 0. The maximum Gasteiger partial charge on any atom is 0.0587 e. The summed E-state index contributed by atoms with van der Waals surface area (Å²) in [5, 5.41) is 9.33. The van der Waals surface area contributed by atoms with Crippen molar-refractivity contribution in [3.05, 3.63) is 34.9 Å². The predicted molar refractivity (Wildman–Crippen MR) is 69.0 cm³/mol. The van der Waals surface area contributed by atoms with Gasteiger partial charge in [-0.3, -0.25) is 4.90 Å². The fourth-order valence-electron chi connectivity index (χ4n) is 3.27. The summed E-state index contributed by atoms with van der Waals surface area (Å²) >= 11 is 0. The summed E-state index contributed by atoms with van der Waals surface area (Å²) in [7, 11) is 0. The molecule has 1 fully saturated rings. The zero-order valence-corrected chi connectivity index (χ0v) is 10.4. The first-order valence-electron chi connectivity index (χ1n) is 6.82. The van der Waals surface area contributed by atoms with Gasteiger partial charge in [-0.15, -0.1) is 0 Å². The minimum atomic E-state index is 0.310. The predicted octanol–water partition coefficient (Wildman–Crippen LogP) is 2.13. The largest absolute Gasteiger partial charge is 0.395 e. The van der Waals surface area contributed by atoms with E-state index in [-0.39, 0.29) is 0 Å². The van der Waals surface area contributed by atoms with Crippen molar-refractivity contribution in [3.8, 4) is 0 Å². The molecule has 0 aromatic heterocycles. The van der Waals surface area contributed by atoms with Crippen LogP contribution in [0.4, 0.5) is 0 Å². The SMILES string of the molecule is OC[C@H]1CCCN1Cc1ccc2c(c1)CCC2. The Morgan fingerprint density at radius 2 is 2.06 bits per heavy atom. The highest BCUT2D eigenvalue weighted by molar-refractivity contribution is 5.35. The van der Waals surface area contributed by atoms with E-state index in [4.69, 9.17) is 0 Å². The Morgan fingerprint density at radius 1 is 1.18 bits per heavy atom. The van der Waals surface area contributed by atoms with Crippen LogP contribution in [0, 0.1) is 0 Å². The summed E-state index contributed by atoms with van der Waals surface area (Å²) < 4.78 is 0. The molecule has 92 valence electrons. The third-order valence-electron chi connectivity index (χ3n) is 4.26. The molecule has 1 atom stereocenters. The first kappa shape index (κ1) is 11.2. The minimum absolute atomic E-state index is 0.310. The lowest BCUT2D eigenvalue weighted by Crippen LogP contribution is -2.31. The Bertz CT molecular complexity index is 402. The fourth-order valence-corrected chi connectivity index (χ4v) is 3.27. The monoisotopic (exact) mass is 231 g/mol. The normalized spacial score (nSPS) is 24.2. The van der Waals surface area contributed by atoms with Gasteiger partial charge in [0.1, 0.15) is 0 Å². The average molecular weight is 231 g/mol. The number of likely N-dealkylation sites (tertiary alicyclic amines) is 1. The van der Waals surface area contributed by atoms with E-state index < -0.39 is 0 Å². The van der Waals surface area contributed by atoms with Gasteiger partial charge >= 0.3 is 0 Å². The number of fused-ring (bicyclic) bond motifs is 1. The third kappa shape index (κ3) is 2.24. The number of aliphatic hydroxyl groups excluding tert-OH is 1. The van der Waals surface area contributed by atoms with Crippen LogP contribution in [-0.4, -0.2) is 29.2 Å². The first-order chi connectivity index (χ1) is 8.36. The van der Waals surface area contributed by atoms with Crippen LogP contribution in [0.1, 0.15) is 36.0 Å². The van der Waals surface area contributed by atoms with Gasteiger partial charge in [0.2, 0.25) is 0 Å². The van der Waals surface area contributed by atoms with Gasteiger partial charge in [-0.05, 0) is 55.3 Å². The molecule has 1 aromatic carbocycles. The van der Waals surface area contributed by atoms with Gasteiger partial charge < -0.3 is 5.11 Å². The number of nitrogens with zero attached hydrogens (tertiary/aromatic N) is 1. The van der Waals surface area contributed by atoms with Crippen molar-refractivity contribution in [2.24, 2.45) is 0 Å². The maximum absolute atomic E-state index is 9.33. The number of hydrogen-bond acceptors (Lipinski definition) is 2. The molecule has 0 amide bonds. The zero-order valence-electron chi connectivity index (χ0n) is 10.4. The van der Waals surface area contributed by atoms with Gasteiger partial charge in [-0.1, -0.05) is 18.2 Å². The molecule has 1 saturated heterocycles. The van der Waals surface area contributed by atoms with E-state index in [0.717, 1.165) is 19.5 Å². The summed E-state index contributed by atoms with van der Waals surface area (Å²) in [6.45, 7) is 2.46. The first-order valence-corrected chi connectivity index (χ1v) is 6.82. The van der Waals surface area contributed by atoms with Crippen molar-refractivity contribution in [1.29, 1.82) is 0 Å². The lowest BCUT2D eigenvalue weighted by molar-refractivity contribution is 0.153. The molecule has 17 heavy (non-hydrogen) atoms. The van der Waals surface area contributed by atoms with Crippen molar-refractivity contribution in [2.45, 2.75) is 44.7 Å². The van der Waals surface area contributed by atoms with Gasteiger partial charge in [-0.25, -0.2) is 0 Å². The van der Waals surface area contributed by atoms with Crippen LogP contribution in [0.2, 0.25) is 0 Å². The summed E-state index contributed by atoms with van der Waals surface area (Å²) in [4.78, 5) is 2.43. The Hall–Kier alpha value is -0.860. The van der Waals surface area contributed by atoms with E-state index in [2.05, 4.69) is 23.1 Å². The van der Waals surface area contributed by atoms with E-state index in [1.54, 1.807) is 11.1 Å². The fraction of sp³-hybridized carbons (Fsp3) is 0.600. The summed E-state index contributed by atoms with van der Waals surface area (Å²) in [5.41, 5.74) is 4.53. The van der Waals surface area contributed by atoms with Crippen molar-refractivity contribution >= 4 is 0 Å². The molecule has 3 rings (SSSR count). The van der Waals surface area contributed by atoms with Crippen molar-refractivity contribution in [2.75, 3.05) is 13.2 Å². The number of aryl methyl sites for hydroxylation is 2. The molecular weight excluding hydrogens is 210 g/mol. The van der Waals surface area contributed by atoms with E-state index in [1.807, 2.05) is 0 Å². The Kier molecular flexibility index (Phi) is 3.17. The van der Waals surface area contributed by atoms with Gasteiger partial charge in [0.05, 0.1) is 6.61 Å². The van der Waals surface area contributed by atoms with Gasteiger partial charge in [0.25, 0.3) is 0 Å². The zero-order chi connectivity index (χ0) is 11.7. The molecule has 2 heteroatoms. The van der Waals surface area contributed by atoms with Gasteiger partial charge in [-0.2, -0.15) is 0 Å². The molecule has 1 heterocycles. The van der Waals surface area contributed by atoms with Gasteiger partial charge in [0, 0.05) is 12.6 Å². The molecular formula is C15H21NO. The third-order valence-corrected chi connectivity index (χ3v) is 4.26. The van der Waals surface area contributed by atoms with Crippen LogP contribution in [0.25, 0.3) is 0 Å². The number of rotatable bonds is 3. The minimum Gasteiger partial charge on any atom is -0.395 e. The van der Waals surface area contributed by atoms with Crippen molar-refractivity contribution in [1.82, 2.24) is 4.90 Å². The molecule has 1 aromatic rings. The molecule has 0 unspecified atom stereocenters. The topological polar surface area (TPSA) is 23.5 Å². The molecule has 0 bridgehead atoms. The number of benzene rings is 1. The summed E-state index contributed by atoms with van der Waals surface area (Å²) in [6, 6.07) is 7.36. The maximum atomic E-state index is 9.33. The Labute approximate surface area is 103 Å². The highest BCUT2D eigenvalue weighted by Crippen LogP contribution is 2.25. The number of hydrogen-bond donors (Lipinski definition) is 1. The molecule has 0 saturated carbocycles. The Morgan fingerprint density at radius 3 is 2.94 bits per heavy atom. The van der Waals surface area contributed by atoms with Crippen molar-refractivity contribution < 1.29 is 5.11 Å². The van der Waals surface area contributed by atoms with Crippen LogP contribution < -0.4 is 0 Å². The quantitative estimate of drug-likeness (QED) is 0.861. The van der Waals surface area contributed by atoms with E-state index in [9.17, 15) is 5.11 Å². The van der Waals surface area contributed by atoms with E-state index in [1.165, 1.54) is 31.2 Å². The Balaban J connectivity index is 1.72. The van der Waals surface area contributed by atoms with Crippen LogP contribution in [0.5, 0.6) is 0 Å². The van der Waals surface area contributed by atoms with Crippen LogP contribution in [0.15, 0.2) is 18.2 Å². The molecule has 1 aliphatic heterocycles. The molecule has 2 aliphatic rings. The average Bonchev–Trinajstić information content (AvgIpc) is 2.96. The van der Waals surface area contributed by atoms with Crippen LogP contribution >= 0.6 is 0 Å². The van der Waals surface area contributed by atoms with Crippen LogP contribution in [0.3, 0.4) is 0 Å². The highest BCUT2D eigenvalue weighted by atomic mass is 16.3. The van der Waals surface area contributed by atoms with Crippen LogP contribution in [-0.2, 0) is 19.4 Å². The second-order valence-electron chi connectivity index (χ2n) is 5.41. The molecule has 1 N–H and O–H groups in total. The number of aliphatic hydroxyl groups is 1. The molecule has 0 spiro atoms. The molecule has 2 nitrogen and oxygen atoms in total. The molecule has 1 aliphatic carbocycles. The van der Waals surface area contributed by atoms with Gasteiger partial charge in [0.15, 0.2) is 0 Å². The summed E-state index contributed by atoms with van der Waals surface area (Å²) in [6.07, 6.45) is 6.23. The molecule has 0 radical (unpaired) electrons. The standard InChI is InChI=1S/C15H21NO/c17-11-15-5-2-8-16(15)10-12-6-7-13-3-1-4-14(13)9-12/h6-7,9,15,17H,1-5,8,10-11H2/t15-/m1/s1. The smallest absolute Gasteiger partial charge is 0.0587 e. The lowest BCUT2D eigenvalue weighted by Gasteiger charge is -2.22. The lowest BCUT2D eigenvalue weighted by atomic mass is 10.1.